The fraction of sp³-hybridized carbons (Fsp3) is 0.364. The number of nitrogens with zero attached hydrogens (tertiary/aromatic N) is 3. The van der Waals surface area contributed by atoms with E-state index in [4.69, 9.17) is 16.6 Å². The summed E-state index contributed by atoms with van der Waals surface area (Å²) in [5, 5.41) is 1.42. The Kier molecular flexibility index (Phi) is 9.91. The van der Waals surface area contributed by atoms with E-state index in [0.717, 1.165) is 39.9 Å². The van der Waals surface area contributed by atoms with Gasteiger partial charge in [0, 0.05) is 23.0 Å². The number of benzene rings is 2. The maximum absolute atomic E-state index is 13.1. The number of halogens is 2. The first-order chi connectivity index (χ1) is 14.0. The second-order valence-corrected chi connectivity index (χ2v) is 9.28. The van der Waals surface area contributed by atoms with E-state index in [1.165, 1.54) is 16.9 Å². The number of thioether (sulfide) groups is 1. The van der Waals surface area contributed by atoms with E-state index in [-0.39, 0.29) is 18.3 Å². The molecule has 0 atom stereocenters. The van der Waals surface area contributed by atoms with Crippen molar-refractivity contribution in [2.75, 3.05) is 36.8 Å². The van der Waals surface area contributed by atoms with E-state index in [9.17, 15) is 4.79 Å². The van der Waals surface area contributed by atoms with Crippen molar-refractivity contribution < 1.29 is 4.79 Å². The van der Waals surface area contributed by atoms with Crippen molar-refractivity contribution >= 4 is 68.4 Å². The first kappa shape index (κ1) is 25.0. The molecule has 1 heterocycles. The third kappa shape index (κ3) is 6.59. The van der Waals surface area contributed by atoms with E-state index >= 15 is 0 Å². The molecule has 0 aliphatic carbocycles. The van der Waals surface area contributed by atoms with Crippen LogP contribution in [0.25, 0.3) is 10.2 Å². The maximum Gasteiger partial charge on any atom is 0.239 e. The van der Waals surface area contributed by atoms with Crippen LogP contribution in [0.15, 0.2) is 47.4 Å². The molecule has 1 amide bonds. The molecular formula is C22H27Cl2N3OS2. The van der Waals surface area contributed by atoms with Gasteiger partial charge in [0.25, 0.3) is 0 Å². The summed E-state index contributed by atoms with van der Waals surface area (Å²) in [6, 6.07) is 13.9. The van der Waals surface area contributed by atoms with Crippen LogP contribution in [0.3, 0.4) is 0 Å². The Bertz CT molecular complexity index is 959. The lowest BCUT2D eigenvalue weighted by molar-refractivity contribution is -0.116. The van der Waals surface area contributed by atoms with Crippen LogP contribution in [0.4, 0.5) is 5.13 Å². The van der Waals surface area contributed by atoms with Gasteiger partial charge in [0.1, 0.15) is 0 Å². The molecule has 162 valence electrons. The van der Waals surface area contributed by atoms with Crippen molar-refractivity contribution in [1.82, 2.24) is 9.88 Å². The summed E-state index contributed by atoms with van der Waals surface area (Å²) in [4.78, 5) is 23.1. The Morgan fingerprint density at radius 1 is 1.10 bits per heavy atom. The Balaban J connectivity index is 0.00000320. The van der Waals surface area contributed by atoms with Crippen LogP contribution >= 0.6 is 47.1 Å². The van der Waals surface area contributed by atoms with Crippen molar-refractivity contribution in [2.45, 2.75) is 25.7 Å². The molecule has 0 bridgehead atoms. The van der Waals surface area contributed by atoms with Gasteiger partial charge in [0.05, 0.1) is 16.0 Å². The lowest BCUT2D eigenvalue weighted by atomic mass is 10.2. The van der Waals surface area contributed by atoms with E-state index in [0.29, 0.717) is 17.3 Å². The van der Waals surface area contributed by atoms with Crippen LogP contribution in [-0.2, 0) is 4.79 Å². The highest BCUT2D eigenvalue weighted by Gasteiger charge is 2.20. The summed E-state index contributed by atoms with van der Waals surface area (Å²) >= 11 is 9.21. The van der Waals surface area contributed by atoms with Gasteiger partial charge in [0.2, 0.25) is 5.91 Å². The van der Waals surface area contributed by atoms with Gasteiger partial charge < -0.3 is 4.90 Å². The molecule has 3 aromatic rings. The second kappa shape index (κ2) is 11.9. The van der Waals surface area contributed by atoms with Gasteiger partial charge in [-0.2, -0.15) is 0 Å². The largest absolute Gasteiger partial charge is 0.302 e. The van der Waals surface area contributed by atoms with Crippen molar-refractivity contribution in [3.63, 3.8) is 0 Å². The number of thiazole rings is 1. The smallest absolute Gasteiger partial charge is 0.239 e. The van der Waals surface area contributed by atoms with Gasteiger partial charge >= 0.3 is 0 Å². The van der Waals surface area contributed by atoms with Gasteiger partial charge in [-0.3, -0.25) is 9.69 Å². The SMILES string of the molecule is CCN(CC)CCN(C(=O)CSc1ccc(C)cc1)c1nc2ccc(Cl)cc2s1.Cl. The number of rotatable bonds is 9. The molecule has 0 aliphatic rings. The fourth-order valence-corrected chi connectivity index (χ4v) is 5.03. The molecule has 2 aromatic carbocycles. The molecule has 0 fully saturated rings. The number of amides is 1. The van der Waals surface area contributed by atoms with Crippen molar-refractivity contribution in [3.8, 4) is 0 Å². The molecule has 0 unspecified atom stereocenters. The normalized spacial score (nSPS) is 11.0. The molecule has 4 nitrogen and oxygen atoms in total. The van der Waals surface area contributed by atoms with E-state index in [2.05, 4.69) is 49.9 Å². The molecular weight excluding hydrogens is 457 g/mol. The minimum absolute atomic E-state index is 0. The number of carbonyl (C=O) groups is 1. The summed E-state index contributed by atoms with van der Waals surface area (Å²) in [7, 11) is 0. The first-order valence-electron chi connectivity index (χ1n) is 9.78. The van der Waals surface area contributed by atoms with Gasteiger partial charge in [-0.25, -0.2) is 4.98 Å². The van der Waals surface area contributed by atoms with Crippen molar-refractivity contribution in [2.24, 2.45) is 0 Å². The number of aryl methyl sites for hydroxylation is 1. The van der Waals surface area contributed by atoms with Crippen molar-refractivity contribution in [1.29, 1.82) is 0 Å². The van der Waals surface area contributed by atoms with Crippen LogP contribution in [-0.4, -0.2) is 47.7 Å². The Morgan fingerprint density at radius 2 is 1.80 bits per heavy atom. The van der Waals surface area contributed by atoms with Crippen molar-refractivity contribution in [3.05, 3.63) is 53.1 Å². The van der Waals surface area contributed by atoms with Crippen LogP contribution in [0.1, 0.15) is 19.4 Å². The quantitative estimate of drug-likeness (QED) is 0.342. The number of aromatic nitrogens is 1. The predicted molar refractivity (Wildman–Crippen MR) is 134 cm³/mol. The minimum atomic E-state index is 0. The number of fused-ring (bicyclic) bond motifs is 1. The summed E-state index contributed by atoms with van der Waals surface area (Å²) in [6.07, 6.45) is 0. The highest BCUT2D eigenvalue weighted by Crippen LogP contribution is 2.31. The third-order valence-electron chi connectivity index (χ3n) is 4.79. The molecule has 3 rings (SSSR count). The lowest BCUT2D eigenvalue weighted by Crippen LogP contribution is -2.39. The van der Waals surface area contributed by atoms with Gasteiger partial charge in [-0.15, -0.1) is 24.2 Å². The molecule has 0 saturated carbocycles. The highest BCUT2D eigenvalue weighted by atomic mass is 35.5. The number of likely N-dealkylation sites (N-methyl/N-ethyl adjacent to an activating group) is 1. The summed E-state index contributed by atoms with van der Waals surface area (Å²) in [5.74, 6) is 0.464. The molecule has 0 N–H and O–H groups in total. The standard InChI is InChI=1S/C22H26ClN3OS2.ClH/c1-4-25(5-2)12-13-26(21(27)15-28-18-9-6-16(3)7-10-18)22-24-19-11-8-17(23)14-20(19)29-22;/h6-11,14H,4-5,12-13,15H2,1-3H3;1H. The zero-order valence-corrected chi connectivity index (χ0v) is 20.6. The summed E-state index contributed by atoms with van der Waals surface area (Å²) < 4.78 is 0.999. The average molecular weight is 485 g/mol. The third-order valence-corrected chi connectivity index (χ3v) is 7.06. The molecule has 0 saturated heterocycles. The second-order valence-electron chi connectivity index (χ2n) is 6.78. The molecule has 30 heavy (non-hydrogen) atoms. The lowest BCUT2D eigenvalue weighted by Gasteiger charge is -2.24. The van der Waals surface area contributed by atoms with E-state index in [1.807, 2.05) is 23.1 Å². The molecule has 8 heteroatoms. The zero-order chi connectivity index (χ0) is 20.8. The van der Waals surface area contributed by atoms with Crippen LogP contribution < -0.4 is 4.90 Å². The number of anilines is 1. The minimum Gasteiger partial charge on any atom is -0.302 e. The Labute approximate surface area is 198 Å². The highest BCUT2D eigenvalue weighted by molar-refractivity contribution is 8.00. The van der Waals surface area contributed by atoms with Gasteiger partial charge in [-0.05, 0) is 50.3 Å². The molecule has 0 aliphatic heterocycles. The molecule has 1 aromatic heterocycles. The number of carbonyl (C=O) groups excluding carboxylic acids is 1. The van der Waals surface area contributed by atoms with Gasteiger partial charge in [0.15, 0.2) is 5.13 Å². The summed E-state index contributed by atoms with van der Waals surface area (Å²) in [6.45, 7) is 9.73. The predicted octanol–water partition coefficient (Wildman–Crippen LogP) is 6.15. The molecule has 0 spiro atoms. The van der Waals surface area contributed by atoms with Gasteiger partial charge in [-0.1, -0.05) is 54.5 Å². The Morgan fingerprint density at radius 3 is 2.47 bits per heavy atom. The van der Waals surface area contributed by atoms with Crippen LogP contribution in [0.5, 0.6) is 0 Å². The van der Waals surface area contributed by atoms with Crippen LogP contribution in [0.2, 0.25) is 5.02 Å². The number of hydrogen-bond donors (Lipinski definition) is 0. The summed E-state index contributed by atoms with van der Waals surface area (Å²) in [5.41, 5.74) is 2.09. The first-order valence-corrected chi connectivity index (χ1v) is 12.0. The fourth-order valence-electron chi connectivity index (χ4n) is 2.97. The zero-order valence-electron chi connectivity index (χ0n) is 17.4. The maximum atomic E-state index is 13.1. The number of hydrogen-bond acceptors (Lipinski definition) is 5. The monoisotopic (exact) mass is 483 g/mol. The van der Waals surface area contributed by atoms with Crippen LogP contribution in [0, 0.1) is 6.92 Å². The van der Waals surface area contributed by atoms with E-state index < -0.39 is 0 Å². The topological polar surface area (TPSA) is 36.4 Å². The Hall–Kier alpha value is -1.31. The average Bonchev–Trinajstić information content (AvgIpc) is 3.13. The van der Waals surface area contributed by atoms with E-state index in [1.54, 1.807) is 11.8 Å². The molecule has 0 radical (unpaired) electrons.